The van der Waals surface area contributed by atoms with Crippen molar-refractivity contribution in [1.29, 1.82) is 0 Å². The van der Waals surface area contributed by atoms with Crippen molar-refractivity contribution in [2.45, 2.75) is 6.92 Å². The highest BCUT2D eigenvalue weighted by Gasteiger charge is 2.11. The van der Waals surface area contributed by atoms with Crippen LogP contribution in [0.5, 0.6) is 0 Å². The van der Waals surface area contributed by atoms with Crippen LogP contribution in [-0.2, 0) is 0 Å². The molecule has 1 amide bonds. The molecule has 6 nitrogen and oxygen atoms in total. The van der Waals surface area contributed by atoms with Gasteiger partial charge < -0.3 is 0 Å². The molecule has 2 aromatic rings. The molecule has 0 saturated carbocycles. The lowest BCUT2D eigenvalue weighted by Gasteiger charge is -2.01. The summed E-state index contributed by atoms with van der Waals surface area (Å²) in [7, 11) is 0. The molecule has 2 aromatic carbocycles. The summed E-state index contributed by atoms with van der Waals surface area (Å²) in [5.41, 5.74) is 4.06. The number of halogens is 1. The van der Waals surface area contributed by atoms with E-state index in [-0.39, 0.29) is 16.6 Å². The Morgan fingerprint density at radius 2 is 2.09 bits per heavy atom. The molecule has 0 aliphatic rings. The lowest BCUT2D eigenvalue weighted by Crippen LogP contribution is -2.17. The maximum Gasteiger partial charge on any atom is 0.288 e. The lowest BCUT2D eigenvalue weighted by molar-refractivity contribution is -0.384. The Hall–Kier alpha value is -2.73. The fraction of sp³-hybridized carbons (Fsp3) is 0.0667. The SMILES string of the molecule is Cc1cccc(C(=O)NN=Cc2ccc(Cl)c([N+](=O)[O-])c2)c1. The zero-order chi connectivity index (χ0) is 16.1. The molecular formula is C15H12ClN3O3. The van der Waals surface area contributed by atoms with Crippen LogP contribution in [0.15, 0.2) is 47.6 Å². The molecule has 0 aliphatic heterocycles. The third-order valence-electron chi connectivity index (χ3n) is 2.83. The summed E-state index contributed by atoms with van der Waals surface area (Å²) in [6.45, 7) is 1.88. The molecule has 1 N–H and O–H groups in total. The van der Waals surface area contributed by atoms with Gasteiger partial charge in [0.15, 0.2) is 0 Å². The van der Waals surface area contributed by atoms with Crippen LogP contribution < -0.4 is 5.43 Å². The smallest absolute Gasteiger partial charge is 0.267 e. The molecule has 0 saturated heterocycles. The van der Waals surface area contributed by atoms with Gasteiger partial charge in [0, 0.05) is 17.2 Å². The Labute approximate surface area is 131 Å². The molecule has 0 fully saturated rings. The Balaban J connectivity index is 2.08. The van der Waals surface area contributed by atoms with Gasteiger partial charge in [-0.15, -0.1) is 0 Å². The summed E-state index contributed by atoms with van der Waals surface area (Å²) >= 11 is 5.71. The van der Waals surface area contributed by atoms with E-state index in [2.05, 4.69) is 10.5 Å². The fourth-order valence-electron chi connectivity index (χ4n) is 1.77. The van der Waals surface area contributed by atoms with Gasteiger partial charge in [0.25, 0.3) is 11.6 Å². The molecular weight excluding hydrogens is 306 g/mol. The normalized spacial score (nSPS) is 10.6. The van der Waals surface area contributed by atoms with Gasteiger partial charge in [-0.2, -0.15) is 5.10 Å². The Bertz CT molecular complexity index is 759. The maximum absolute atomic E-state index is 11.9. The van der Waals surface area contributed by atoms with Crippen LogP contribution in [0, 0.1) is 17.0 Å². The van der Waals surface area contributed by atoms with Gasteiger partial charge >= 0.3 is 0 Å². The summed E-state index contributed by atoms with van der Waals surface area (Å²) < 4.78 is 0. The number of carbonyl (C=O) groups is 1. The minimum absolute atomic E-state index is 0.0472. The van der Waals surface area contributed by atoms with E-state index in [1.807, 2.05) is 13.0 Å². The summed E-state index contributed by atoms with van der Waals surface area (Å²) in [5, 5.41) is 14.6. The van der Waals surface area contributed by atoms with Crippen LogP contribution in [0.3, 0.4) is 0 Å². The number of amides is 1. The molecule has 22 heavy (non-hydrogen) atoms. The molecule has 0 aromatic heterocycles. The van der Waals surface area contributed by atoms with Crippen molar-refractivity contribution in [1.82, 2.24) is 5.43 Å². The number of nitrogens with one attached hydrogen (secondary N) is 1. The van der Waals surface area contributed by atoms with E-state index in [9.17, 15) is 14.9 Å². The van der Waals surface area contributed by atoms with Gasteiger partial charge in [-0.1, -0.05) is 35.4 Å². The van der Waals surface area contributed by atoms with E-state index in [1.54, 1.807) is 24.3 Å². The van der Waals surface area contributed by atoms with Gasteiger partial charge in [0.1, 0.15) is 5.02 Å². The van der Waals surface area contributed by atoms with E-state index >= 15 is 0 Å². The monoisotopic (exact) mass is 317 g/mol. The van der Waals surface area contributed by atoms with Gasteiger partial charge in [0.05, 0.1) is 11.1 Å². The number of hydrazone groups is 1. The van der Waals surface area contributed by atoms with Crippen molar-refractivity contribution >= 4 is 29.4 Å². The number of nitro groups is 1. The average molecular weight is 318 g/mol. The first-order chi connectivity index (χ1) is 10.5. The molecule has 112 valence electrons. The van der Waals surface area contributed by atoms with Gasteiger partial charge in [-0.05, 0) is 25.1 Å². The molecule has 0 aliphatic carbocycles. The minimum atomic E-state index is -0.578. The predicted molar refractivity (Wildman–Crippen MR) is 84.3 cm³/mol. The van der Waals surface area contributed by atoms with E-state index in [4.69, 9.17) is 11.6 Å². The average Bonchev–Trinajstić information content (AvgIpc) is 2.48. The number of benzene rings is 2. The van der Waals surface area contributed by atoms with Gasteiger partial charge in [0.2, 0.25) is 0 Å². The second-order valence-corrected chi connectivity index (χ2v) is 4.94. The third-order valence-corrected chi connectivity index (χ3v) is 3.15. The zero-order valence-electron chi connectivity index (χ0n) is 11.6. The maximum atomic E-state index is 11.9. The lowest BCUT2D eigenvalue weighted by atomic mass is 10.1. The number of carbonyl (C=O) groups excluding carboxylic acids is 1. The third kappa shape index (κ3) is 3.89. The Morgan fingerprint density at radius 3 is 2.77 bits per heavy atom. The number of rotatable bonds is 4. The summed E-state index contributed by atoms with van der Waals surface area (Å²) in [5.74, 6) is -0.358. The highest BCUT2D eigenvalue weighted by atomic mass is 35.5. The number of hydrogen-bond donors (Lipinski definition) is 1. The van der Waals surface area contributed by atoms with Crippen LogP contribution in [0.4, 0.5) is 5.69 Å². The Morgan fingerprint density at radius 1 is 1.32 bits per heavy atom. The van der Waals surface area contributed by atoms with Crippen molar-refractivity contribution in [2.24, 2.45) is 5.10 Å². The van der Waals surface area contributed by atoms with Crippen molar-refractivity contribution in [3.8, 4) is 0 Å². The van der Waals surface area contributed by atoms with Crippen molar-refractivity contribution in [3.05, 3.63) is 74.3 Å². The van der Waals surface area contributed by atoms with Crippen LogP contribution in [0.25, 0.3) is 0 Å². The van der Waals surface area contributed by atoms with Crippen molar-refractivity contribution in [3.63, 3.8) is 0 Å². The standard InChI is InChI=1S/C15H12ClN3O3/c1-10-3-2-4-12(7-10)15(20)18-17-9-11-5-6-13(16)14(8-11)19(21)22/h2-9H,1H3,(H,18,20). The largest absolute Gasteiger partial charge is 0.288 e. The first-order valence-electron chi connectivity index (χ1n) is 6.31. The van der Waals surface area contributed by atoms with E-state index < -0.39 is 4.92 Å². The summed E-state index contributed by atoms with van der Waals surface area (Å²) in [6, 6.07) is 11.3. The number of aryl methyl sites for hydroxylation is 1. The summed E-state index contributed by atoms with van der Waals surface area (Å²) in [6.07, 6.45) is 1.32. The highest BCUT2D eigenvalue weighted by molar-refractivity contribution is 6.32. The van der Waals surface area contributed by atoms with Crippen molar-refractivity contribution < 1.29 is 9.72 Å². The van der Waals surface area contributed by atoms with E-state index in [1.165, 1.54) is 18.3 Å². The van der Waals surface area contributed by atoms with Crippen LogP contribution in [0.2, 0.25) is 5.02 Å². The molecule has 0 bridgehead atoms. The highest BCUT2D eigenvalue weighted by Crippen LogP contribution is 2.24. The quantitative estimate of drug-likeness (QED) is 0.533. The van der Waals surface area contributed by atoms with Gasteiger partial charge in [-0.3, -0.25) is 14.9 Å². The van der Waals surface area contributed by atoms with E-state index in [0.717, 1.165) is 5.56 Å². The Kier molecular flexibility index (Phi) is 4.85. The predicted octanol–water partition coefficient (Wildman–Crippen LogP) is 3.32. The molecule has 0 atom stereocenters. The van der Waals surface area contributed by atoms with E-state index in [0.29, 0.717) is 11.1 Å². The van der Waals surface area contributed by atoms with Crippen molar-refractivity contribution in [2.75, 3.05) is 0 Å². The zero-order valence-corrected chi connectivity index (χ0v) is 12.4. The molecule has 0 unspecified atom stereocenters. The van der Waals surface area contributed by atoms with Crippen LogP contribution in [-0.4, -0.2) is 17.0 Å². The first-order valence-corrected chi connectivity index (χ1v) is 6.69. The topological polar surface area (TPSA) is 84.6 Å². The number of hydrogen-bond acceptors (Lipinski definition) is 4. The number of nitrogens with zero attached hydrogens (tertiary/aromatic N) is 2. The molecule has 2 rings (SSSR count). The second-order valence-electron chi connectivity index (χ2n) is 4.54. The number of nitro benzene ring substituents is 1. The fourth-order valence-corrected chi connectivity index (χ4v) is 1.95. The molecule has 0 spiro atoms. The van der Waals surface area contributed by atoms with Crippen LogP contribution >= 0.6 is 11.6 Å². The molecule has 0 radical (unpaired) electrons. The molecule has 0 heterocycles. The summed E-state index contributed by atoms with van der Waals surface area (Å²) in [4.78, 5) is 22.1. The molecule has 7 heteroatoms. The second kappa shape index (κ2) is 6.82. The first kappa shape index (κ1) is 15.7. The van der Waals surface area contributed by atoms with Gasteiger partial charge in [-0.25, -0.2) is 5.43 Å². The minimum Gasteiger partial charge on any atom is -0.267 e. The van der Waals surface area contributed by atoms with Crippen LogP contribution in [0.1, 0.15) is 21.5 Å².